The van der Waals surface area contributed by atoms with Crippen molar-refractivity contribution in [3.8, 4) is 11.1 Å². The Kier molecular flexibility index (Phi) is 32.9. The van der Waals surface area contributed by atoms with E-state index in [-0.39, 0.29) is 5.92 Å². The van der Waals surface area contributed by atoms with Gasteiger partial charge in [-0.15, -0.1) is 0 Å². The molecule has 1 aliphatic carbocycles. The van der Waals surface area contributed by atoms with Crippen LogP contribution in [0.1, 0.15) is 127 Å². The molecule has 0 spiro atoms. The van der Waals surface area contributed by atoms with Crippen LogP contribution in [0.25, 0.3) is 11.1 Å². The summed E-state index contributed by atoms with van der Waals surface area (Å²) in [5.74, 6) is 0.0419. The molecule has 0 saturated heterocycles. The van der Waals surface area contributed by atoms with E-state index >= 15 is 0 Å². The van der Waals surface area contributed by atoms with Gasteiger partial charge in [0.25, 0.3) is 0 Å². The molecule has 1 N–H and O–H groups in total. The number of amides is 1. The number of fused-ring (bicyclic) bond motifs is 3. The second-order valence-electron chi connectivity index (χ2n) is 15.5. The third-order valence-electron chi connectivity index (χ3n) is 10.6. The molecule has 0 bridgehead atoms. The van der Waals surface area contributed by atoms with Crippen LogP contribution < -0.4 is 5.32 Å². The Morgan fingerprint density at radius 1 is 0.417 bits per heavy atom. The highest BCUT2D eigenvalue weighted by Crippen LogP contribution is 2.44. The quantitative estimate of drug-likeness (QED) is 0.0648. The van der Waals surface area contributed by atoms with Crippen LogP contribution in [0.4, 0.5) is 4.79 Å². The zero-order chi connectivity index (χ0) is 42.2. The monoisotopic (exact) mass is 844 g/mol. The molecule has 0 atom stereocenters. The zero-order valence-electron chi connectivity index (χ0n) is 37.3. The predicted molar refractivity (Wildman–Crippen MR) is 239 cm³/mol. The van der Waals surface area contributed by atoms with Gasteiger partial charge in [0.1, 0.15) is 6.61 Å². The van der Waals surface area contributed by atoms with E-state index in [4.69, 9.17) is 42.6 Å². The van der Waals surface area contributed by atoms with Gasteiger partial charge < -0.3 is 47.9 Å². The number of nitrogens with one attached hydrogen (secondary N) is 1. The molecule has 1 amide bonds. The standard InChI is InChI=1S/C49H81NO10/c1-2-3-4-5-6-7-8-9-10-11-12-13-14-15-16-21-27-52-29-31-54-33-35-56-37-39-58-41-42-59-40-38-57-36-34-55-32-30-53-28-26-50-49(51)60-43-48-46-24-19-17-22-44(46)45-23-18-20-25-47(45)48/h17-20,22-25,48H,2-16,21,26-43H2,1H3,(H,50,51). The number of carbonyl (C=O) groups excluding carboxylic acids is 1. The first kappa shape index (κ1) is 51.7. The van der Waals surface area contributed by atoms with Crippen LogP contribution >= 0.6 is 0 Å². The summed E-state index contributed by atoms with van der Waals surface area (Å²) >= 11 is 0. The van der Waals surface area contributed by atoms with Crippen LogP contribution in [0.2, 0.25) is 0 Å². The molecule has 0 fully saturated rings. The molecular formula is C49H81NO10. The first-order valence-electron chi connectivity index (χ1n) is 23.5. The smallest absolute Gasteiger partial charge is 0.407 e. The number of unbranched alkanes of at least 4 members (excludes halogenated alkanes) is 15. The fourth-order valence-corrected chi connectivity index (χ4v) is 7.27. The summed E-state index contributed by atoms with van der Waals surface area (Å²) in [5, 5.41) is 2.75. The number of ether oxygens (including phenoxy) is 9. The SMILES string of the molecule is CCCCCCCCCCCCCCCCCCOCCOCCOCCOCCOCCOCCOCCOCCNC(=O)OCC1c2ccccc2-c2ccccc21. The van der Waals surface area contributed by atoms with Crippen LogP contribution in [0.15, 0.2) is 48.5 Å². The van der Waals surface area contributed by atoms with Crippen molar-refractivity contribution in [3.05, 3.63) is 59.7 Å². The molecule has 3 rings (SSSR count). The molecular weight excluding hydrogens is 763 g/mol. The average Bonchev–Trinajstić information content (AvgIpc) is 3.59. The molecule has 2 aromatic rings. The molecule has 0 unspecified atom stereocenters. The maximum atomic E-state index is 12.3. The van der Waals surface area contributed by atoms with Gasteiger partial charge in [-0.1, -0.05) is 152 Å². The lowest BCUT2D eigenvalue weighted by molar-refractivity contribution is -0.0230. The highest BCUT2D eigenvalue weighted by molar-refractivity contribution is 5.79. The van der Waals surface area contributed by atoms with Gasteiger partial charge in [-0.25, -0.2) is 4.79 Å². The van der Waals surface area contributed by atoms with Gasteiger partial charge in [0.15, 0.2) is 0 Å². The lowest BCUT2D eigenvalue weighted by atomic mass is 9.98. The van der Waals surface area contributed by atoms with Crippen LogP contribution in [-0.4, -0.2) is 125 Å². The van der Waals surface area contributed by atoms with Gasteiger partial charge in [-0.05, 0) is 28.7 Å². The maximum Gasteiger partial charge on any atom is 0.407 e. The minimum atomic E-state index is -0.445. The summed E-state index contributed by atoms with van der Waals surface area (Å²) < 4.78 is 50.1. The van der Waals surface area contributed by atoms with Crippen molar-refractivity contribution >= 4 is 6.09 Å². The summed E-state index contributed by atoms with van der Waals surface area (Å²) in [7, 11) is 0. The highest BCUT2D eigenvalue weighted by Gasteiger charge is 2.29. The Labute approximate surface area is 363 Å². The van der Waals surface area contributed by atoms with Gasteiger partial charge in [-0.2, -0.15) is 0 Å². The minimum absolute atomic E-state index is 0.0419. The number of carbonyl (C=O) groups is 1. The van der Waals surface area contributed by atoms with E-state index in [1.807, 2.05) is 24.3 Å². The number of alkyl carbamates (subject to hydrolysis) is 1. The molecule has 0 saturated carbocycles. The van der Waals surface area contributed by atoms with Gasteiger partial charge in [-0.3, -0.25) is 0 Å². The van der Waals surface area contributed by atoms with E-state index < -0.39 is 6.09 Å². The fraction of sp³-hybridized carbons (Fsp3) is 0.735. The summed E-state index contributed by atoms with van der Waals surface area (Å²) in [6.07, 6.45) is 21.7. The van der Waals surface area contributed by atoms with Crippen molar-refractivity contribution in [3.63, 3.8) is 0 Å². The second kappa shape index (κ2) is 38.1. The lowest BCUT2D eigenvalue weighted by Gasteiger charge is -2.14. The third-order valence-corrected chi connectivity index (χ3v) is 10.6. The topological polar surface area (TPSA) is 112 Å². The Morgan fingerprint density at radius 3 is 1.12 bits per heavy atom. The predicted octanol–water partition coefficient (Wildman–Crippen LogP) is 9.92. The molecule has 1 aliphatic rings. The van der Waals surface area contributed by atoms with E-state index in [1.54, 1.807) is 0 Å². The maximum absolute atomic E-state index is 12.3. The molecule has 0 aromatic heterocycles. The summed E-state index contributed by atoms with van der Waals surface area (Å²) in [5.41, 5.74) is 4.80. The summed E-state index contributed by atoms with van der Waals surface area (Å²) in [4.78, 5) is 12.3. The van der Waals surface area contributed by atoms with Crippen LogP contribution in [-0.2, 0) is 42.6 Å². The first-order chi connectivity index (χ1) is 29.8. The Bertz CT molecular complexity index is 1240. The molecule has 342 valence electrons. The van der Waals surface area contributed by atoms with E-state index in [0.29, 0.717) is 112 Å². The van der Waals surface area contributed by atoms with E-state index in [1.165, 1.54) is 119 Å². The van der Waals surface area contributed by atoms with Crippen LogP contribution in [0.3, 0.4) is 0 Å². The summed E-state index contributed by atoms with van der Waals surface area (Å²) in [6.45, 7) is 11.4. The number of hydrogen-bond acceptors (Lipinski definition) is 10. The van der Waals surface area contributed by atoms with Crippen molar-refractivity contribution in [2.75, 3.05) is 119 Å². The average molecular weight is 844 g/mol. The molecule has 11 nitrogen and oxygen atoms in total. The minimum Gasteiger partial charge on any atom is -0.449 e. The van der Waals surface area contributed by atoms with E-state index in [2.05, 4.69) is 36.5 Å². The van der Waals surface area contributed by atoms with E-state index in [9.17, 15) is 4.79 Å². The largest absolute Gasteiger partial charge is 0.449 e. The zero-order valence-corrected chi connectivity index (χ0v) is 37.3. The third kappa shape index (κ3) is 26.0. The molecule has 0 aliphatic heterocycles. The highest BCUT2D eigenvalue weighted by atomic mass is 16.6. The summed E-state index contributed by atoms with van der Waals surface area (Å²) in [6, 6.07) is 16.6. The van der Waals surface area contributed by atoms with Gasteiger partial charge in [0.2, 0.25) is 0 Å². The van der Waals surface area contributed by atoms with Gasteiger partial charge in [0.05, 0.1) is 99.1 Å². The number of rotatable bonds is 43. The van der Waals surface area contributed by atoms with Gasteiger partial charge in [0, 0.05) is 19.1 Å². The number of hydrogen-bond donors (Lipinski definition) is 1. The Morgan fingerprint density at radius 2 is 0.733 bits per heavy atom. The Hall–Kier alpha value is -2.61. The van der Waals surface area contributed by atoms with Crippen LogP contribution in [0, 0.1) is 0 Å². The van der Waals surface area contributed by atoms with Crippen molar-refractivity contribution in [2.45, 2.75) is 116 Å². The van der Waals surface area contributed by atoms with Crippen molar-refractivity contribution in [2.24, 2.45) is 0 Å². The lowest BCUT2D eigenvalue weighted by Crippen LogP contribution is -2.29. The van der Waals surface area contributed by atoms with Crippen molar-refractivity contribution in [1.29, 1.82) is 0 Å². The fourth-order valence-electron chi connectivity index (χ4n) is 7.27. The van der Waals surface area contributed by atoms with Gasteiger partial charge >= 0.3 is 6.09 Å². The molecule has 11 heteroatoms. The second-order valence-corrected chi connectivity index (χ2v) is 15.5. The Balaban J connectivity index is 0.919. The number of benzene rings is 2. The van der Waals surface area contributed by atoms with E-state index in [0.717, 1.165) is 13.0 Å². The normalized spacial score (nSPS) is 12.2. The molecule has 60 heavy (non-hydrogen) atoms. The molecule has 0 radical (unpaired) electrons. The van der Waals surface area contributed by atoms with Crippen molar-refractivity contribution in [1.82, 2.24) is 5.32 Å². The first-order valence-corrected chi connectivity index (χ1v) is 23.5. The molecule has 2 aromatic carbocycles. The van der Waals surface area contributed by atoms with Crippen LogP contribution in [0.5, 0.6) is 0 Å². The van der Waals surface area contributed by atoms with Crippen molar-refractivity contribution < 1.29 is 47.4 Å². The molecule has 0 heterocycles.